The molecular weight excluding hydrogens is 974 g/mol. The molecule has 2 aromatic carbocycles. The topological polar surface area (TPSA) is 218 Å². The molecule has 0 radical (unpaired) electrons. The molecule has 4 saturated heterocycles. The number of β-amino-alcohol motifs (C(OH)–C–C–N with tert-alkyl or cyclic N) is 1. The van der Waals surface area contributed by atoms with Crippen LogP contribution in [-0.2, 0) is 20.5 Å². The van der Waals surface area contributed by atoms with E-state index in [-0.39, 0.29) is 66.7 Å². The zero-order chi connectivity index (χ0) is 52.5. The molecule has 1 saturated carbocycles. The van der Waals surface area contributed by atoms with Crippen molar-refractivity contribution in [1.29, 1.82) is 0 Å². The first-order chi connectivity index (χ1) is 36.0. The number of carbonyl (C=O) groups is 2. The first kappa shape index (κ1) is 51.8. The van der Waals surface area contributed by atoms with E-state index in [4.69, 9.17) is 24.5 Å². The van der Waals surface area contributed by atoms with Crippen LogP contribution in [0.3, 0.4) is 0 Å². The standard InChI is InChI=1S/C54H65F3N10O8/c1-31(2)50(53(71)66-30-38(68)23-45(66)52(70)60-32(3)33-8-10-34(11-9-33)54(55,56)57)47-27-49(63-75-47)72-21-20-64-18-15-39(16-19-64)73-40-24-41(25-40)74-48-22-35(14-17-59-48)67-36-12-13-37(67)29-65(28-36)44-26-43(61-62-51(44)58)42-6-4-5-7-46(42)69/h4-11,14,17,22,26-27,31-32,36-41,45,50,68-69H,12-13,15-16,18-21,23-25,28-30H2,1-3H3,(H2,58,62)(H,60,70)/t32-,36?,37?,38+,40-,41-,45-,50+/m0/s1. The van der Waals surface area contributed by atoms with Gasteiger partial charge in [0.05, 0.1) is 41.3 Å². The van der Waals surface area contributed by atoms with Crippen molar-refractivity contribution >= 4 is 29.0 Å². The summed E-state index contributed by atoms with van der Waals surface area (Å²) in [6.45, 7) is 9.57. The maximum atomic E-state index is 14.1. The van der Waals surface area contributed by atoms with Gasteiger partial charge in [0.15, 0.2) is 11.6 Å². The normalized spacial score (nSPS) is 24.0. The quantitative estimate of drug-likeness (QED) is 0.0758. The molecule has 2 bridgehead atoms. The van der Waals surface area contributed by atoms with Crippen molar-refractivity contribution in [2.75, 3.05) is 61.4 Å². The number of anilines is 3. The second-order valence-corrected chi connectivity index (χ2v) is 21.0. The third-order valence-corrected chi connectivity index (χ3v) is 15.4. The van der Waals surface area contributed by atoms with Crippen LogP contribution in [0, 0.1) is 5.92 Å². The molecule has 1 aliphatic carbocycles. The number of halogens is 3. The predicted octanol–water partition coefficient (Wildman–Crippen LogP) is 6.74. The average molecular weight is 1040 g/mol. The van der Waals surface area contributed by atoms with Crippen molar-refractivity contribution in [3.05, 3.63) is 95.9 Å². The van der Waals surface area contributed by atoms with Crippen LogP contribution in [0.25, 0.3) is 11.3 Å². The molecule has 5 fully saturated rings. The van der Waals surface area contributed by atoms with E-state index >= 15 is 0 Å². The van der Waals surface area contributed by atoms with Gasteiger partial charge < -0.3 is 54.7 Å². The molecule has 18 nitrogen and oxygen atoms in total. The largest absolute Gasteiger partial charge is 0.507 e. The highest BCUT2D eigenvalue weighted by molar-refractivity contribution is 5.91. The second-order valence-electron chi connectivity index (χ2n) is 21.0. The van der Waals surface area contributed by atoms with Gasteiger partial charge in [0.25, 0.3) is 5.88 Å². The predicted molar refractivity (Wildman–Crippen MR) is 271 cm³/mol. The molecule has 6 atom stereocenters. The first-order valence-electron chi connectivity index (χ1n) is 26.1. The number of nitrogens with two attached hydrogens (primary N) is 1. The minimum atomic E-state index is -4.48. The number of aliphatic hydroxyl groups is 1. The fraction of sp³-hybridized carbons (Fsp3) is 0.519. The molecule has 4 aliphatic heterocycles. The van der Waals surface area contributed by atoms with Crippen molar-refractivity contribution in [3.63, 3.8) is 0 Å². The molecule has 3 aromatic heterocycles. The molecule has 75 heavy (non-hydrogen) atoms. The van der Waals surface area contributed by atoms with Crippen molar-refractivity contribution in [2.24, 2.45) is 5.92 Å². The van der Waals surface area contributed by atoms with Crippen LogP contribution in [-0.4, -0.2) is 141 Å². The van der Waals surface area contributed by atoms with Crippen LogP contribution in [0.1, 0.15) is 94.6 Å². The molecule has 7 heterocycles. The van der Waals surface area contributed by atoms with E-state index in [1.54, 1.807) is 25.1 Å². The van der Waals surface area contributed by atoms with Crippen LogP contribution < -0.4 is 30.3 Å². The second kappa shape index (κ2) is 21.9. The van der Waals surface area contributed by atoms with E-state index < -0.39 is 47.7 Å². The number of benzene rings is 2. The number of alkyl halides is 3. The molecular formula is C54H65F3N10O8. The highest BCUT2D eigenvalue weighted by Crippen LogP contribution is 2.41. The molecule has 2 amide bonds. The van der Waals surface area contributed by atoms with Gasteiger partial charge in [-0.2, -0.15) is 13.2 Å². The van der Waals surface area contributed by atoms with Crippen LogP contribution >= 0.6 is 0 Å². The summed E-state index contributed by atoms with van der Waals surface area (Å²) < 4.78 is 63.8. The Morgan fingerprint density at radius 1 is 0.880 bits per heavy atom. The number of aromatic hydroxyl groups is 1. The zero-order valence-electron chi connectivity index (χ0n) is 42.3. The Morgan fingerprint density at radius 3 is 2.32 bits per heavy atom. The number of hydrogen-bond donors (Lipinski definition) is 4. The number of likely N-dealkylation sites (tertiary alicyclic amines) is 2. The Kier molecular flexibility index (Phi) is 15.1. The maximum absolute atomic E-state index is 14.1. The molecule has 400 valence electrons. The van der Waals surface area contributed by atoms with Gasteiger partial charge in [-0.25, -0.2) is 4.98 Å². The van der Waals surface area contributed by atoms with Crippen LogP contribution in [0.5, 0.6) is 17.5 Å². The number of nitrogen functional groups attached to an aromatic ring is 1. The lowest BCUT2D eigenvalue weighted by atomic mass is 9.91. The Bertz CT molecular complexity index is 2770. The van der Waals surface area contributed by atoms with Crippen molar-refractivity contribution < 1.29 is 51.7 Å². The van der Waals surface area contributed by atoms with Gasteiger partial charge in [0.1, 0.15) is 30.4 Å². The van der Waals surface area contributed by atoms with Crippen molar-refractivity contribution in [1.82, 2.24) is 35.5 Å². The molecule has 2 unspecified atom stereocenters. The van der Waals surface area contributed by atoms with E-state index in [2.05, 4.69) is 52.5 Å². The summed E-state index contributed by atoms with van der Waals surface area (Å²) in [5.74, 6) is -0.352. The number of hydrogen-bond acceptors (Lipinski definition) is 16. The van der Waals surface area contributed by atoms with Crippen molar-refractivity contribution in [3.8, 4) is 28.8 Å². The van der Waals surface area contributed by atoms with Gasteiger partial charge >= 0.3 is 6.18 Å². The lowest BCUT2D eigenvalue weighted by Crippen LogP contribution is -2.54. The fourth-order valence-electron chi connectivity index (χ4n) is 11.4. The third-order valence-electron chi connectivity index (χ3n) is 15.4. The number of piperazine rings is 1. The van der Waals surface area contributed by atoms with E-state index in [1.165, 1.54) is 17.0 Å². The van der Waals surface area contributed by atoms with Gasteiger partial charge in [-0.3, -0.25) is 14.5 Å². The minimum absolute atomic E-state index is 0.0128. The summed E-state index contributed by atoms with van der Waals surface area (Å²) in [6.07, 6.45) is 2.26. The summed E-state index contributed by atoms with van der Waals surface area (Å²) in [5, 5.41) is 36.5. The number of amides is 2. The molecule has 10 rings (SSSR count). The number of para-hydroxylation sites is 1. The summed E-state index contributed by atoms with van der Waals surface area (Å²) in [6, 6.07) is 18.2. The monoisotopic (exact) mass is 1040 g/mol. The Labute approximate surface area is 433 Å². The summed E-state index contributed by atoms with van der Waals surface area (Å²) in [4.78, 5) is 40.6. The van der Waals surface area contributed by atoms with E-state index in [0.717, 1.165) is 88.2 Å². The Balaban J connectivity index is 0.642. The molecule has 5 N–H and O–H groups in total. The SMILES string of the molecule is CC(C)[C@@H](C(=O)N1C[C@H](O)C[C@H]1C(=O)N[C@@H](C)c1ccc(C(F)(F)F)cc1)c1cc(OCCN2CCC(O[C@H]3C[C@H](Oc4cc(N5C6CCC5CN(c5cc(-c7ccccc7O)nnc5N)C6)ccn4)C3)CC2)no1. The minimum Gasteiger partial charge on any atom is -0.507 e. The number of pyridine rings is 1. The zero-order valence-corrected chi connectivity index (χ0v) is 42.3. The van der Waals surface area contributed by atoms with Gasteiger partial charge in [0, 0.05) is 100 Å². The number of rotatable bonds is 17. The van der Waals surface area contributed by atoms with Gasteiger partial charge in [-0.05, 0) is 85.6 Å². The van der Waals surface area contributed by atoms with Gasteiger partial charge in [0.2, 0.25) is 17.7 Å². The number of phenols is 1. The Morgan fingerprint density at radius 2 is 1.61 bits per heavy atom. The maximum Gasteiger partial charge on any atom is 0.416 e. The highest BCUT2D eigenvalue weighted by atomic mass is 19.4. The number of fused-ring (bicyclic) bond motifs is 2. The number of carbonyl (C=O) groups excluding carboxylic acids is 2. The number of piperidine rings is 1. The lowest BCUT2D eigenvalue weighted by Gasteiger charge is -2.43. The highest BCUT2D eigenvalue weighted by Gasteiger charge is 2.45. The fourth-order valence-corrected chi connectivity index (χ4v) is 11.4. The van der Waals surface area contributed by atoms with Crippen LogP contribution in [0.15, 0.2) is 83.5 Å². The number of nitrogens with one attached hydrogen (secondary N) is 1. The third kappa shape index (κ3) is 11.6. The van der Waals surface area contributed by atoms with E-state index in [1.807, 2.05) is 38.2 Å². The van der Waals surface area contributed by atoms with Crippen molar-refractivity contribution in [2.45, 2.75) is 126 Å². The molecule has 5 aliphatic rings. The Hall–Kier alpha value is -6.71. The average Bonchev–Trinajstić information content (AvgIpc) is 4.09. The van der Waals surface area contributed by atoms with Gasteiger partial charge in [-0.15, -0.1) is 10.2 Å². The first-order valence-corrected chi connectivity index (χ1v) is 26.1. The van der Waals surface area contributed by atoms with Crippen LogP contribution in [0.2, 0.25) is 0 Å². The number of nitrogens with zero attached hydrogens (tertiary/aromatic N) is 8. The molecule has 21 heteroatoms. The number of ether oxygens (including phenoxy) is 3. The molecule has 0 spiro atoms. The lowest BCUT2D eigenvalue weighted by molar-refractivity contribution is -0.141. The summed E-state index contributed by atoms with van der Waals surface area (Å²) in [7, 11) is 0. The summed E-state index contributed by atoms with van der Waals surface area (Å²) in [5.41, 5.74) is 9.17. The number of aliphatic hydroxyl groups excluding tert-OH is 1. The number of phenolic OH excluding ortho intramolecular Hbond substituents is 1. The number of aromatic nitrogens is 4. The smallest absolute Gasteiger partial charge is 0.416 e. The molecule has 5 aromatic rings. The van der Waals surface area contributed by atoms with E-state index in [9.17, 15) is 33.0 Å². The van der Waals surface area contributed by atoms with E-state index in [0.29, 0.717) is 41.7 Å². The summed E-state index contributed by atoms with van der Waals surface area (Å²) >= 11 is 0. The van der Waals surface area contributed by atoms with Crippen LogP contribution in [0.4, 0.5) is 30.4 Å². The van der Waals surface area contributed by atoms with Gasteiger partial charge in [-0.1, -0.05) is 38.1 Å².